The van der Waals surface area contributed by atoms with Crippen molar-refractivity contribution in [1.82, 2.24) is 4.90 Å². The zero-order chi connectivity index (χ0) is 18.5. The Morgan fingerprint density at radius 2 is 1.96 bits per heavy atom. The second-order valence-corrected chi connectivity index (χ2v) is 6.65. The third-order valence-electron chi connectivity index (χ3n) is 4.71. The first-order valence-electron chi connectivity index (χ1n) is 8.88. The van der Waals surface area contributed by atoms with E-state index in [0.29, 0.717) is 30.1 Å². The Labute approximate surface area is 154 Å². The van der Waals surface area contributed by atoms with Crippen LogP contribution in [0.5, 0.6) is 5.75 Å². The molecule has 1 aliphatic heterocycles. The van der Waals surface area contributed by atoms with Crippen LogP contribution in [0.1, 0.15) is 28.8 Å². The third-order valence-corrected chi connectivity index (χ3v) is 4.71. The van der Waals surface area contributed by atoms with Gasteiger partial charge in [0.2, 0.25) is 5.91 Å². The maximum Gasteiger partial charge on any atom is 0.253 e. The largest absolute Gasteiger partial charge is 0.495 e. The smallest absolute Gasteiger partial charge is 0.253 e. The van der Waals surface area contributed by atoms with Crippen molar-refractivity contribution in [3.8, 4) is 5.75 Å². The number of piperidine rings is 1. The van der Waals surface area contributed by atoms with E-state index >= 15 is 0 Å². The van der Waals surface area contributed by atoms with Gasteiger partial charge in [-0.3, -0.25) is 9.59 Å². The van der Waals surface area contributed by atoms with E-state index in [9.17, 15) is 9.59 Å². The number of hydrogen-bond donors (Lipinski definition) is 1. The topological polar surface area (TPSA) is 58.6 Å². The van der Waals surface area contributed by atoms with Gasteiger partial charge >= 0.3 is 0 Å². The molecule has 0 bridgehead atoms. The zero-order valence-corrected chi connectivity index (χ0v) is 15.2. The average molecular weight is 352 g/mol. The molecule has 0 spiro atoms. The number of nitrogens with zero attached hydrogens (tertiary/aromatic N) is 1. The summed E-state index contributed by atoms with van der Waals surface area (Å²) in [6.45, 7) is 3.09. The van der Waals surface area contributed by atoms with Gasteiger partial charge in [0.1, 0.15) is 5.75 Å². The van der Waals surface area contributed by atoms with Crippen LogP contribution in [0.25, 0.3) is 0 Å². The number of hydrogen-bond acceptors (Lipinski definition) is 3. The lowest BCUT2D eigenvalue weighted by Crippen LogP contribution is -2.43. The first-order valence-corrected chi connectivity index (χ1v) is 8.88. The first kappa shape index (κ1) is 18.0. The highest BCUT2D eigenvalue weighted by molar-refractivity contribution is 5.97. The van der Waals surface area contributed by atoms with Crippen molar-refractivity contribution in [2.75, 3.05) is 25.5 Å². The van der Waals surface area contributed by atoms with Gasteiger partial charge in [0.15, 0.2) is 0 Å². The quantitative estimate of drug-likeness (QED) is 0.916. The predicted octanol–water partition coefficient (Wildman–Crippen LogP) is 3.49. The van der Waals surface area contributed by atoms with E-state index in [1.54, 1.807) is 12.0 Å². The maximum atomic E-state index is 12.8. The van der Waals surface area contributed by atoms with E-state index in [-0.39, 0.29) is 17.7 Å². The monoisotopic (exact) mass is 352 g/mol. The lowest BCUT2D eigenvalue weighted by molar-refractivity contribution is -0.121. The van der Waals surface area contributed by atoms with E-state index in [2.05, 4.69) is 5.32 Å². The zero-order valence-electron chi connectivity index (χ0n) is 15.2. The Kier molecular flexibility index (Phi) is 5.56. The summed E-state index contributed by atoms with van der Waals surface area (Å²) < 4.78 is 5.28. The van der Waals surface area contributed by atoms with Crippen molar-refractivity contribution in [3.63, 3.8) is 0 Å². The molecule has 0 aliphatic carbocycles. The standard InChI is InChI=1S/C21H24N2O3/c1-15-7-5-8-16(13-15)21(25)23-12-6-9-17(14-23)20(24)22-18-10-3-4-11-19(18)26-2/h3-5,7-8,10-11,13,17H,6,9,12,14H2,1-2H3,(H,22,24)/t17-/m0/s1. The van der Waals surface area contributed by atoms with Gasteiger partial charge in [-0.1, -0.05) is 29.8 Å². The van der Waals surface area contributed by atoms with Crippen molar-refractivity contribution in [2.24, 2.45) is 5.92 Å². The Bertz CT molecular complexity index is 803. The molecule has 1 saturated heterocycles. The number of amides is 2. The van der Waals surface area contributed by atoms with Crippen LogP contribution in [0, 0.1) is 12.8 Å². The van der Waals surface area contributed by atoms with Crippen molar-refractivity contribution in [1.29, 1.82) is 0 Å². The fourth-order valence-electron chi connectivity index (χ4n) is 3.32. The molecule has 5 heteroatoms. The molecule has 136 valence electrons. The van der Waals surface area contributed by atoms with Gasteiger partial charge in [0, 0.05) is 18.7 Å². The van der Waals surface area contributed by atoms with Crippen LogP contribution in [-0.2, 0) is 4.79 Å². The molecule has 0 saturated carbocycles. The minimum atomic E-state index is -0.220. The number of ether oxygens (including phenoxy) is 1. The molecule has 2 aromatic carbocycles. The maximum absolute atomic E-state index is 12.8. The van der Waals surface area contributed by atoms with Crippen molar-refractivity contribution >= 4 is 17.5 Å². The highest BCUT2D eigenvalue weighted by Gasteiger charge is 2.29. The van der Waals surface area contributed by atoms with Crippen LogP contribution in [0.4, 0.5) is 5.69 Å². The van der Waals surface area contributed by atoms with Gasteiger partial charge in [-0.25, -0.2) is 0 Å². The molecule has 1 aliphatic rings. The number of rotatable bonds is 4. The Hall–Kier alpha value is -2.82. The molecule has 1 N–H and O–H groups in total. The fraction of sp³-hybridized carbons (Fsp3) is 0.333. The summed E-state index contributed by atoms with van der Waals surface area (Å²) in [6, 6.07) is 14.9. The highest BCUT2D eigenvalue weighted by atomic mass is 16.5. The summed E-state index contributed by atoms with van der Waals surface area (Å²) in [7, 11) is 1.58. The molecule has 1 heterocycles. The van der Waals surface area contributed by atoms with Gasteiger partial charge in [-0.05, 0) is 44.0 Å². The number of methoxy groups -OCH3 is 1. The molecular formula is C21H24N2O3. The third kappa shape index (κ3) is 4.04. The number of carbonyl (C=O) groups excluding carboxylic acids is 2. The molecule has 0 aromatic heterocycles. The number of aryl methyl sites for hydroxylation is 1. The Morgan fingerprint density at radius 3 is 2.73 bits per heavy atom. The van der Waals surface area contributed by atoms with E-state index in [1.165, 1.54) is 0 Å². The van der Waals surface area contributed by atoms with Crippen LogP contribution in [0.2, 0.25) is 0 Å². The SMILES string of the molecule is COc1ccccc1NC(=O)[C@H]1CCCN(C(=O)c2cccc(C)c2)C1. The van der Waals surface area contributed by atoms with Crippen LogP contribution in [0.3, 0.4) is 0 Å². The number of likely N-dealkylation sites (tertiary alicyclic amines) is 1. The van der Waals surface area contributed by atoms with Crippen LogP contribution in [-0.4, -0.2) is 36.9 Å². The molecule has 0 radical (unpaired) electrons. The molecule has 2 aromatic rings. The number of anilines is 1. The molecule has 5 nitrogen and oxygen atoms in total. The summed E-state index contributed by atoms with van der Waals surface area (Å²) in [5.41, 5.74) is 2.39. The minimum absolute atomic E-state index is 0.0107. The summed E-state index contributed by atoms with van der Waals surface area (Å²) >= 11 is 0. The predicted molar refractivity (Wildman–Crippen MR) is 101 cm³/mol. The molecule has 3 rings (SSSR count). The summed E-state index contributed by atoms with van der Waals surface area (Å²) in [5, 5.41) is 2.94. The van der Waals surface area contributed by atoms with Crippen molar-refractivity contribution in [3.05, 3.63) is 59.7 Å². The van der Waals surface area contributed by atoms with Gasteiger partial charge in [0.25, 0.3) is 5.91 Å². The Balaban J connectivity index is 1.68. The van der Waals surface area contributed by atoms with Crippen LogP contribution >= 0.6 is 0 Å². The summed E-state index contributed by atoms with van der Waals surface area (Å²) in [6.07, 6.45) is 1.60. The van der Waals surface area contributed by atoms with Crippen LogP contribution in [0.15, 0.2) is 48.5 Å². The summed E-state index contributed by atoms with van der Waals surface area (Å²) in [4.78, 5) is 27.2. The summed E-state index contributed by atoms with van der Waals surface area (Å²) in [5.74, 6) is 0.325. The number of benzene rings is 2. The fourth-order valence-corrected chi connectivity index (χ4v) is 3.32. The lowest BCUT2D eigenvalue weighted by atomic mass is 9.96. The highest BCUT2D eigenvalue weighted by Crippen LogP contribution is 2.26. The van der Waals surface area contributed by atoms with Crippen molar-refractivity contribution < 1.29 is 14.3 Å². The number of para-hydroxylation sites is 2. The number of carbonyl (C=O) groups is 2. The van der Waals surface area contributed by atoms with Gasteiger partial charge in [-0.2, -0.15) is 0 Å². The van der Waals surface area contributed by atoms with Gasteiger partial charge in [0.05, 0.1) is 18.7 Å². The first-order chi connectivity index (χ1) is 12.6. The molecular weight excluding hydrogens is 328 g/mol. The second-order valence-electron chi connectivity index (χ2n) is 6.65. The normalized spacial score (nSPS) is 16.8. The van der Waals surface area contributed by atoms with E-state index in [1.807, 2.05) is 55.5 Å². The van der Waals surface area contributed by atoms with E-state index in [4.69, 9.17) is 4.74 Å². The molecule has 2 amide bonds. The van der Waals surface area contributed by atoms with Gasteiger partial charge < -0.3 is 15.0 Å². The average Bonchev–Trinajstić information content (AvgIpc) is 2.68. The molecule has 1 fully saturated rings. The Morgan fingerprint density at radius 1 is 1.15 bits per heavy atom. The van der Waals surface area contributed by atoms with E-state index < -0.39 is 0 Å². The van der Waals surface area contributed by atoms with Gasteiger partial charge in [-0.15, -0.1) is 0 Å². The number of nitrogens with one attached hydrogen (secondary N) is 1. The minimum Gasteiger partial charge on any atom is -0.495 e. The molecule has 0 unspecified atom stereocenters. The molecule has 26 heavy (non-hydrogen) atoms. The van der Waals surface area contributed by atoms with Crippen molar-refractivity contribution in [2.45, 2.75) is 19.8 Å². The van der Waals surface area contributed by atoms with Crippen LogP contribution < -0.4 is 10.1 Å². The molecule has 1 atom stereocenters. The van der Waals surface area contributed by atoms with E-state index in [0.717, 1.165) is 18.4 Å². The second kappa shape index (κ2) is 8.04. The lowest BCUT2D eigenvalue weighted by Gasteiger charge is -2.32.